The van der Waals surface area contributed by atoms with Crippen LogP contribution in [0.25, 0.3) is 5.69 Å². The summed E-state index contributed by atoms with van der Waals surface area (Å²) in [6.07, 6.45) is 1.29. The molecule has 0 aliphatic carbocycles. The number of para-hydroxylation sites is 1. The lowest BCUT2D eigenvalue weighted by atomic mass is 10.1. The molecule has 0 saturated heterocycles. The minimum absolute atomic E-state index is 0.0158. The lowest BCUT2D eigenvalue weighted by molar-refractivity contribution is 0.0963. The van der Waals surface area contributed by atoms with Gasteiger partial charge in [0, 0.05) is 49.2 Å². The molecule has 4 aromatic rings. The molecule has 36 heavy (non-hydrogen) atoms. The van der Waals surface area contributed by atoms with Crippen LogP contribution in [0.3, 0.4) is 0 Å². The van der Waals surface area contributed by atoms with Crippen molar-refractivity contribution in [3.8, 4) is 5.69 Å². The van der Waals surface area contributed by atoms with Crippen LogP contribution in [0.4, 0.5) is 28.7 Å². The van der Waals surface area contributed by atoms with Gasteiger partial charge >= 0.3 is 5.69 Å². The zero-order chi connectivity index (χ0) is 28.1. The predicted octanol–water partition coefficient (Wildman–Crippen LogP) is 2.17. The second-order valence-corrected chi connectivity index (χ2v) is 8.45. The summed E-state index contributed by atoms with van der Waals surface area (Å²) in [6.45, 7) is 1.31. The molecule has 0 spiro atoms. The number of amides is 1. The molecule has 5 rings (SSSR count). The second kappa shape index (κ2) is 8.80. The summed E-state index contributed by atoms with van der Waals surface area (Å²) in [4.78, 5) is 40.6. The van der Waals surface area contributed by atoms with Crippen LogP contribution < -0.4 is 26.5 Å². The number of anilines is 5. The summed E-state index contributed by atoms with van der Waals surface area (Å²) in [7, 11) is 3.46. The summed E-state index contributed by atoms with van der Waals surface area (Å²) >= 11 is 0. The maximum atomic E-state index is 12.9. The Hall–Kier alpha value is -4.74. The third-order valence-corrected chi connectivity index (χ3v) is 5.76. The van der Waals surface area contributed by atoms with Crippen LogP contribution in [-0.2, 0) is 13.6 Å². The van der Waals surface area contributed by atoms with E-state index in [0.717, 1.165) is 5.69 Å². The van der Waals surface area contributed by atoms with Crippen LogP contribution in [0.15, 0.2) is 41.3 Å². The minimum atomic E-state index is -2.69. The quantitative estimate of drug-likeness (QED) is 0.385. The molecular formula is C24H26N10O2. The highest BCUT2D eigenvalue weighted by Crippen LogP contribution is 2.38. The van der Waals surface area contributed by atoms with Gasteiger partial charge in [-0.1, -0.05) is 6.07 Å². The Morgan fingerprint density at radius 3 is 2.69 bits per heavy atom. The van der Waals surface area contributed by atoms with Crippen molar-refractivity contribution in [2.45, 2.75) is 20.4 Å². The number of benzene rings is 1. The van der Waals surface area contributed by atoms with Crippen molar-refractivity contribution in [3.05, 3.63) is 69.9 Å². The van der Waals surface area contributed by atoms with Crippen molar-refractivity contribution in [1.29, 1.82) is 0 Å². The molecule has 4 heterocycles. The number of carbonyl (C=O) groups excluding carboxylic acids is 1. The van der Waals surface area contributed by atoms with Gasteiger partial charge in [-0.2, -0.15) is 5.10 Å². The second-order valence-electron chi connectivity index (χ2n) is 8.45. The van der Waals surface area contributed by atoms with Crippen LogP contribution in [0.5, 0.6) is 0 Å². The first kappa shape index (κ1) is 19.6. The molecule has 1 aliphatic heterocycles. The number of hydrogen-bond donors (Lipinski definition) is 3. The molecule has 0 bridgehead atoms. The van der Waals surface area contributed by atoms with Crippen LogP contribution in [0, 0.1) is 13.8 Å². The van der Waals surface area contributed by atoms with E-state index in [9.17, 15) is 9.59 Å². The zero-order valence-corrected chi connectivity index (χ0v) is 20.1. The number of carbonyl (C=O) groups is 1. The van der Waals surface area contributed by atoms with E-state index in [4.69, 9.17) is 4.11 Å². The average Bonchev–Trinajstić information content (AvgIpc) is 3.10. The zero-order valence-electron chi connectivity index (χ0n) is 23.1. The molecule has 0 atom stereocenters. The standard InChI is InChI=1S/C24H26N10O2/c1-13-9-20(28-14(2)27-13)30-19-10-17(15(11-26-19)23(35)25-3)29-16-7-6-8-18-22(16)32(4)12-21-31-33(5)24(36)34(18)21/h6-11H,12H2,1-5H3,(H,25,35)(H2,26,27,28,29,30)/i3D3. The van der Waals surface area contributed by atoms with Gasteiger partial charge in [-0.25, -0.2) is 29.0 Å². The first-order valence-electron chi connectivity index (χ1n) is 12.6. The van der Waals surface area contributed by atoms with E-state index < -0.39 is 12.9 Å². The van der Waals surface area contributed by atoms with E-state index in [1.54, 1.807) is 42.8 Å². The Balaban J connectivity index is 1.59. The van der Waals surface area contributed by atoms with Gasteiger partial charge in [0.2, 0.25) is 0 Å². The van der Waals surface area contributed by atoms with Gasteiger partial charge in [0.15, 0.2) is 5.82 Å². The van der Waals surface area contributed by atoms with Crippen molar-refractivity contribution in [3.63, 3.8) is 0 Å². The summed E-state index contributed by atoms with van der Waals surface area (Å²) in [6, 6.07) is 8.73. The van der Waals surface area contributed by atoms with Crippen LogP contribution in [0.2, 0.25) is 0 Å². The molecule has 0 unspecified atom stereocenters. The molecule has 0 fully saturated rings. The van der Waals surface area contributed by atoms with Crippen LogP contribution in [0.1, 0.15) is 31.8 Å². The number of hydrogen-bond acceptors (Lipinski definition) is 9. The number of rotatable bonds is 5. The smallest absolute Gasteiger partial charge is 0.350 e. The van der Waals surface area contributed by atoms with Gasteiger partial charge in [0.05, 0.1) is 34.9 Å². The Morgan fingerprint density at radius 2 is 1.92 bits per heavy atom. The Kier molecular flexibility index (Phi) is 4.78. The van der Waals surface area contributed by atoms with Crippen LogP contribution >= 0.6 is 0 Å². The highest BCUT2D eigenvalue weighted by molar-refractivity contribution is 6.01. The fraction of sp³-hybridized carbons (Fsp3) is 0.250. The molecule has 1 aliphatic rings. The van der Waals surface area contributed by atoms with Crippen molar-refractivity contribution in [2.75, 3.05) is 29.6 Å². The monoisotopic (exact) mass is 489 g/mol. The summed E-state index contributed by atoms with van der Waals surface area (Å²) < 4.78 is 25.2. The molecule has 0 radical (unpaired) electrons. The van der Waals surface area contributed by atoms with E-state index in [0.29, 0.717) is 52.6 Å². The largest absolute Gasteiger partial charge is 0.364 e. The lowest BCUT2D eigenvalue weighted by Gasteiger charge is -2.30. The van der Waals surface area contributed by atoms with E-state index >= 15 is 0 Å². The molecule has 3 N–H and O–H groups in total. The number of fused-ring (bicyclic) bond motifs is 3. The molecule has 3 aromatic heterocycles. The van der Waals surface area contributed by atoms with Crippen molar-refractivity contribution < 1.29 is 8.91 Å². The highest BCUT2D eigenvalue weighted by Gasteiger charge is 2.27. The Bertz CT molecular complexity index is 1640. The third kappa shape index (κ3) is 4.02. The normalized spacial score (nSPS) is 13.7. The number of aromatic nitrogens is 6. The Morgan fingerprint density at radius 1 is 1.08 bits per heavy atom. The Labute approximate surface area is 211 Å². The van der Waals surface area contributed by atoms with Crippen LogP contribution in [-0.4, -0.2) is 49.2 Å². The van der Waals surface area contributed by atoms with Gasteiger partial charge in [0.1, 0.15) is 17.5 Å². The number of nitrogens with zero attached hydrogens (tertiary/aromatic N) is 7. The number of aryl methyl sites for hydroxylation is 3. The van der Waals surface area contributed by atoms with Crippen molar-refractivity contribution >= 4 is 34.6 Å². The average molecular weight is 490 g/mol. The first-order valence-corrected chi connectivity index (χ1v) is 11.1. The fourth-order valence-corrected chi connectivity index (χ4v) is 4.30. The lowest BCUT2D eigenvalue weighted by Crippen LogP contribution is -2.31. The first-order chi connectivity index (χ1) is 18.4. The van der Waals surface area contributed by atoms with E-state index in [1.807, 2.05) is 30.3 Å². The van der Waals surface area contributed by atoms with Crippen molar-refractivity contribution in [1.82, 2.24) is 34.6 Å². The van der Waals surface area contributed by atoms with E-state index in [-0.39, 0.29) is 11.3 Å². The third-order valence-electron chi connectivity index (χ3n) is 5.76. The molecule has 1 amide bonds. The molecular weight excluding hydrogens is 460 g/mol. The molecule has 1 aromatic carbocycles. The number of pyridine rings is 1. The summed E-state index contributed by atoms with van der Waals surface area (Å²) in [5.41, 5.74) is 2.71. The molecule has 12 heteroatoms. The van der Waals surface area contributed by atoms with Gasteiger partial charge in [-0.3, -0.25) is 4.79 Å². The highest BCUT2D eigenvalue weighted by atomic mass is 16.2. The van der Waals surface area contributed by atoms with Gasteiger partial charge in [0.25, 0.3) is 5.91 Å². The van der Waals surface area contributed by atoms with Gasteiger partial charge in [-0.15, -0.1) is 0 Å². The van der Waals surface area contributed by atoms with E-state index in [2.05, 4.69) is 30.7 Å². The summed E-state index contributed by atoms with van der Waals surface area (Å²) in [5.74, 6) is 1.23. The number of nitrogens with one attached hydrogen (secondary N) is 3. The SMILES string of the molecule is [2H]C([2H])([2H])NC(=O)c1cnc(Nc2cc(C)nc(C)n2)cc1Nc1cccc2c1N(C)Cc1nn(C)c(=O)n1-2. The topological polar surface area (TPSA) is 135 Å². The summed E-state index contributed by atoms with van der Waals surface area (Å²) in [5, 5.41) is 12.7. The molecule has 184 valence electrons. The predicted molar refractivity (Wildman–Crippen MR) is 137 cm³/mol. The maximum Gasteiger partial charge on any atom is 0.350 e. The maximum absolute atomic E-state index is 12.9. The van der Waals surface area contributed by atoms with Gasteiger partial charge < -0.3 is 20.9 Å². The minimum Gasteiger partial charge on any atom is -0.364 e. The van der Waals surface area contributed by atoms with Gasteiger partial charge in [-0.05, 0) is 26.0 Å². The van der Waals surface area contributed by atoms with Crippen molar-refractivity contribution in [2.24, 2.45) is 7.05 Å². The molecule has 0 saturated carbocycles. The van der Waals surface area contributed by atoms with E-state index in [1.165, 1.54) is 10.9 Å². The molecule has 12 nitrogen and oxygen atoms in total. The fourth-order valence-electron chi connectivity index (χ4n) is 4.30.